The zero-order valence-corrected chi connectivity index (χ0v) is 14.2. The van der Waals surface area contributed by atoms with E-state index in [1.54, 1.807) is 6.92 Å². The second kappa shape index (κ2) is 6.31. The number of anilines is 2. The van der Waals surface area contributed by atoms with Gasteiger partial charge in [-0.2, -0.15) is 13.2 Å². The highest BCUT2D eigenvalue weighted by Crippen LogP contribution is 2.48. The Bertz CT molecular complexity index is 875. The second-order valence-corrected chi connectivity index (χ2v) is 6.44. The molecule has 2 aromatic rings. The lowest BCUT2D eigenvalue weighted by atomic mass is 10.0. The Balaban J connectivity index is 1.79. The summed E-state index contributed by atoms with van der Waals surface area (Å²) in [4.78, 5) is 24.9. The summed E-state index contributed by atoms with van der Waals surface area (Å²) < 4.78 is 44.2. The lowest BCUT2D eigenvalue weighted by Gasteiger charge is -2.18. The fourth-order valence-electron chi connectivity index (χ4n) is 2.45. The summed E-state index contributed by atoms with van der Waals surface area (Å²) >= 11 is 5.61. The summed E-state index contributed by atoms with van der Waals surface area (Å²) in [6.07, 6.45) is -4.27. The molecule has 1 aromatic heterocycles. The molecule has 1 aliphatic carbocycles. The molecule has 0 atom stereocenters. The molecule has 2 N–H and O–H groups in total. The zero-order chi connectivity index (χ0) is 19.1. The van der Waals surface area contributed by atoms with E-state index in [1.807, 2.05) is 0 Å². The SMILES string of the molecule is Cc1cc(NC(=O)C2(C(=O)Nc3ccc(Cl)cc3C(F)(F)F)CC2)no1. The van der Waals surface area contributed by atoms with Crippen molar-refractivity contribution in [3.05, 3.63) is 40.6 Å². The molecule has 1 saturated carbocycles. The van der Waals surface area contributed by atoms with E-state index in [0.717, 1.165) is 12.1 Å². The summed E-state index contributed by atoms with van der Waals surface area (Å²) in [5.74, 6) is -0.867. The van der Waals surface area contributed by atoms with Gasteiger partial charge in [-0.3, -0.25) is 9.59 Å². The molecule has 10 heteroatoms. The van der Waals surface area contributed by atoms with Crippen LogP contribution in [0.3, 0.4) is 0 Å². The van der Waals surface area contributed by atoms with Crippen LogP contribution in [0.15, 0.2) is 28.8 Å². The number of aryl methyl sites for hydroxylation is 1. The number of carbonyl (C=O) groups is 2. The van der Waals surface area contributed by atoms with Crippen LogP contribution >= 0.6 is 11.6 Å². The van der Waals surface area contributed by atoms with E-state index in [4.69, 9.17) is 16.1 Å². The molecule has 2 amide bonds. The molecule has 138 valence electrons. The van der Waals surface area contributed by atoms with Gasteiger partial charge in [0.15, 0.2) is 5.82 Å². The van der Waals surface area contributed by atoms with Crippen molar-refractivity contribution in [3.8, 4) is 0 Å². The Hall–Kier alpha value is -2.55. The minimum Gasteiger partial charge on any atom is -0.360 e. The average molecular weight is 388 g/mol. The van der Waals surface area contributed by atoms with Crippen LogP contribution in [0.25, 0.3) is 0 Å². The van der Waals surface area contributed by atoms with E-state index < -0.39 is 34.7 Å². The summed E-state index contributed by atoms with van der Waals surface area (Å²) in [7, 11) is 0. The maximum Gasteiger partial charge on any atom is 0.418 e. The number of halogens is 4. The zero-order valence-electron chi connectivity index (χ0n) is 13.4. The van der Waals surface area contributed by atoms with Crippen LogP contribution in [0, 0.1) is 12.3 Å². The van der Waals surface area contributed by atoms with Gasteiger partial charge in [0.2, 0.25) is 11.8 Å². The van der Waals surface area contributed by atoms with Crippen molar-refractivity contribution in [1.29, 1.82) is 0 Å². The fourth-order valence-corrected chi connectivity index (χ4v) is 2.62. The van der Waals surface area contributed by atoms with Gasteiger partial charge in [-0.15, -0.1) is 0 Å². The standard InChI is InChI=1S/C16H13ClF3N3O3/c1-8-6-12(23-26-8)22-14(25)15(4-5-15)13(24)21-11-3-2-9(17)7-10(11)16(18,19)20/h2-3,6-7H,4-5H2,1H3,(H,21,24)(H,22,23,25). The maximum atomic E-state index is 13.1. The number of nitrogens with zero attached hydrogens (tertiary/aromatic N) is 1. The Morgan fingerprint density at radius 1 is 1.19 bits per heavy atom. The van der Waals surface area contributed by atoms with Gasteiger partial charge >= 0.3 is 6.18 Å². The maximum absolute atomic E-state index is 13.1. The number of hydrogen-bond acceptors (Lipinski definition) is 4. The number of carbonyl (C=O) groups excluding carboxylic acids is 2. The second-order valence-electron chi connectivity index (χ2n) is 6.00. The van der Waals surface area contributed by atoms with Crippen LogP contribution in [-0.2, 0) is 15.8 Å². The van der Waals surface area contributed by atoms with E-state index in [9.17, 15) is 22.8 Å². The van der Waals surface area contributed by atoms with Gasteiger partial charge in [0.25, 0.3) is 0 Å². The summed E-state index contributed by atoms with van der Waals surface area (Å²) in [5.41, 5.74) is -2.97. The number of benzene rings is 1. The van der Waals surface area contributed by atoms with Gasteiger partial charge in [0.05, 0.1) is 11.3 Å². The van der Waals surface area contributed by atoms with Crippen molar-refractivity contribution in [2.24, 2.45) is 5.41 Å². The summed E-state index contributed by atoms with van der Waals surface area (Å²) in [6, 6.07) is 4.46. The van der Waals surface area contributed by atoms with Gasteiger partial charge in [0.1, 0.15) is 11.2 Å². The summed E-state index contributed by atoms with van der Waals surface area (Å²) in [6.45, 7) is 1.63. The molecule has 1 fully saturated rings. The van der Waals surface area contributed by atoms with Crippen molar-refractivity contribution < 1.29 is 27.3 Å². The third-order valence-corrected chi connectivity index (χ3v) is 4.26. The molecule has 0 spiro atoms. The Morgan fingerprint density at radius 3 is 2.38 bits per heavy atom. The molecule has 0 aliphatic heterocycles. The number of nitrogens with one attached hydrogen (secondary N) is 2. The fraction of sp³-hybridized carbons (Fsp3) is 0.312. The molecule has 26 heavy (non-hydrogen) atoms. The number of aromatic nitrogens is 1. The van der Waals surface area contributed by atoms with Crippen LogP contribution in [0.5, 0.6) is 0 Å². The van der Waals surface area contributed by atoms with E-state index in [2.05, 4.69) is 15.8 Å². The van der Waals surface area contributed by atoms with E-state index in [1.165, 1.54) is 12.1 Å². The molecular formula is C16H13ClF3N3O3. The Labute approximate surface area is 150 Å². The molecule has 1 aromatic carbocycles. The topological polar surface area (TPSA) is 84.2 Å². The third kappa shape index (κ3) is 3.52. The van der Waals surface area contributed by atoms with E-state index in [0.29, 0.717) is 5.76 Å². The van der Waals surface area contributed by atoms with Crippen LogP contribution in [-0.4, -0.2) is 17.0 Å². The lowest BCUT2D eigenvalue weighted by Crippen LogP contribution is -2.36. The van der Waals surface area contributed by atoms with E-state index >= 15 is 0 Å². The van der Waals surface area contributed by atoms with Gasteiger partial charge in [-0.25, -0.2) is 0 Å². The lowest BCUT2D eigenvalue weighted by molar-refractivity contribution is -0.137. The van der Waals surface area contributed by atoms with Gasteiger partial charge < -0.3 is 15.2 Å². The molecule has 6 nitrogen and oxygen atoms in total. The number of hydrogen-bond donors (Lipinski definition) is 2. The molecule has 1 heterocycles. The monoisotopic (exact) mass is 387 g/mol. The molecule has 0 bridgehead atoms. The first-order valence-electron chi connectivity index (χ1n) is 7.55. The molecular weight excluding hydrogens is 375 g/mol. The average Bonchev–Trinajstić information content (AvgIpc) is 3.27. The quantitative estimate of drug-likeness (QED) is 0.776. The van der Waals surface area contributed by atoms with Crippen molar-refractivity contribution >= 4 is 34.9 Å². The number of rotatable bonds is 4. The smallest absolute Gasteiger partial charge is 0.360 e. The van der Waals surface area contributed by atoms with Crippen LogP contribution in [0.1, 0.15) is 24.2 Å². The highest BCUT2D eigenvalue weighted by molar-refractivity contribution is 6.30. The Kier molecular flexibility index (Phi) is 4.43. The van der Waals surface area contributed by atoms with Crippen LogP contribution in [0.4, 0.5) is 24.7 Å². The van der Waals surface area contributed by atoms with Crippen LogP contribution < -0.4 is 10.6 Å². The minimum atomic E-state index is -4.70. The third-order valence-electron chi connectivity index (χ3n) is 4.02. The first-order valence-corrected chi connectivity index (χ1v) is 7.92. The predicted molar refractivity (Wildman–Crippen MR) is 86.6 cm³/mol. The molecule has 0 saturated heterocycles. The number of amides is 2. The molecule has 3 rings (SSSR count). The molecule has 0 unspecified atom stereocenters. The van der Waals surface area contributed by atoms with E-state index in [-0.39, 0.29) is 23.7 Å². The van der Waals surface area contributed by atoms with Crippen molar-refractivity contribution in [1.82, 2.24) is 5.16 Å². The first kappa shape index (κ1) is 18.2. The predicted octanol–water partition coefficient (Wildman–Crippen LogP) is 4.01. The first-order chi connectivity index (χ1) is 12.1. The highest BCUT2D eigenvalue weighted by atomic mass is 35.5. The van der Waals surface area contributed by atoms with Crippen molar-refractivity contribution in [2.45, 2.75) is 25.9 Å². The molecule has 1 aliphatic rings. The van der Waals surface area contributed by atoms with Crippen LogP contribution in [0.2, 0.25) is 5.02 Å². The summed E-state index contributed by atoms with van der Waals surface area (Å²) in [5, 5.41) is 8.11. The largest absolute Gasteiger partial charge is 0.418 e. The minimum absolute atomic E-state index is 0.115. The Morgan fingerprint density at radius 2 is 1.85 bits per heavy atom. The van der Waals surface area contributed by atoms with Gasteiger partial charge in [-0.1, -0.05) is 16.8 Å². The van der Waals surface area contributed by atoms with Gasteiger partial charge in [0, 0.05) is 11.1 Å². The van der Waals surface area contributed by atoms with Gasteiger partial charge in [-0.05, 0) is 38.0 Å². The van der Waals surface area contributed by atoms with Crippen molar-refractivity contribution in [2.75, 3.05) is 10.6 Å². The van der Waals surface area contributed by atoms with Crippen molar-refractivity contribution in [3.63, 3.8) is 0 Å². The number of alkyl halides is 3. The highest BCUT2D eigenvalue weighted by Gasteiger charge is 2.57. The molecule has 0 radical (unpaired) electrons. The normalized spacial score (nSPS) is 15.4.